The van der Waals surface area contributed by atoms with Gasteiger partial charge in [0.25, 0.3) is 6.26 Å². The van der Waals surface area contributed by atoms with Crippen LogP contribution in [-0.4, -0.2) is 45.4 Å². The fourth-order valence-corrected chi connectivity index (χ4v) is 2.31. The lowest BCUT2D eigenvalue weighted by Crippen LogP contribution is -2.42. The van der Waals surface area contributed by atoms with E-state index in [0.29, 0.717) is 17.1 Å². The zero-order valence-corrected chi connectivity index (χ0v) is 26.5. The molecule has 232 valence electrons. The quantitative estimate of drug-likeness (QED) is 0.178. The van der Waals surface area contributed by atoms with Gasteiger partial charge in [-0.25, -0.2) is 34.1 Å². The molecule has 4 amide bonds. The number of anilines is 3. The lowest BCUT2D eigenvalue weighted by Gasteiger charge is -2.22. The number of nitrogens with one attached hydrogen (secondary N) is 2. The molecule has 11 nitrogen and oxygen atoms in total. The highest BCUT2D eigenvalue weighted by Crippen LogP contribution is 2.18. The SMILES string of the molecule is CC.CC.CC.CN=C=O.CN=C=O.COC#N.O=C(Nc1ccccc1)N(C(=O)Nc1ccccc1)c1ccccc1. The number of nitrogens with zero attached hydrogens (tertiary/aromatic N) is 4. The van der Waals surface area contributed by atoms with E-state index < -0.39 is 12.1 Å². The maximum atomic E-state index is 12.7. The fraction of sp³-hybridized carbons (Fsp3) is 0.281. The number of para-hydroxylation sites is 3. The Morgan fingerprint density at radius 1 is 0.651 bits per heavy atom. The second-order valence-electron chi connectivity index (χ2n) is 6.19. The van der Waals surface area contributed by atoms with E-state index >= 15 is 0 Å². The molecule has 0 unspecified atom stereocenters. The Balaban J connectivity index is -0.000000352. The topological polar surface area (TPSA) is 153 Å². The van der Waals surface area contributed by atoms with Gasteiger partial charge in [-0.1, -0.05) is 96.1 Å². The highest BCUT2D eigenvalue weighted by atomic mass is 16.5. The van der Waals surface area contributed by atoms with Crippen molar-refractivity contribution >= 4 is 41.3 Å². The summed E-state index contributed by atoms with van der Waals surface area (Å²) >= 11 is 0. The summed E-state index contributed by atoms with van der Waals surface area (Å²) in [7, 11) is 4.08. The van der Waals surface area contributed by atoms with E-state index in [4.69, 9.17) is 14.9 Å². The van der Waals surface area contributed by atoms with Crippen molar-refractivity contribution in [2.24, 2.45) is 9.98 Å². The van der Waals surface area contributed by atoms with Crippen LogP contribution in [0.5, 0.6) is 0 Å². The standard InChI is InChI=1S/C20H17N3O2.3C2H3NO.3C2H6/c24-19(21-16-10-4-1-5-11-16)23(18-14-8-3-9-15-18)20(25)22-17-12-6-2-7-13-17;1-4-2-3;2*1-3-2-4;3*1-2/h1-15H,(H,21,24)(H,22,25);3*1H3;3*1-2H3. The van der Waals surface area contributed by atoms with E-state index in [9.17, 15) is 9.59 Å². The summed E-state index contributed by atoms with van der Waals surface area (Å²) in [5.74, 6) is 0. The van der Waals surface area contributed by atoms with Crippen molar-refractivity contribution in [1.82, 2.24) is 0 Å². The summed E-state index contributed by atoms with van der Waals surface area (Å²) in [5.41, 5.74) is 1.70. The average Bonchev–Trinajstić information content (AvgIpc) is 3.09. The maximum absolute atomic E-state index is 12.7. The third-order valence-corrected chi connectivity index (χ3v) is 3.74. The molecule has 0 heterocycles. The highest BCUT2D eigenvalue weighted by Gasteiger charge is 2.23. The van der Waals surface area contributed by atoms with Crippen LogP contribution in [0.1, 0.15) is 41.5 Å². The third-order valence-electron chi connectivity index (χ3n) is 3.74. The highest BCUT2D eigenvalue weighted by molar-refractivity contribution is 6.21. The second-order valence-corrected chi connectivity index (χ2v) is 6.19. The number of urea groups is 2. The first kappa shape index (κ1) is 44.5. The molecule has 0 bridgehead atoms. The third kappa shape index (κ3) is 25.2. The molecule has 0 radical (unpaired) electrons. The number of carbonyl (C=O) groups is 2. The van der Waals surface area contributed by atoms with Crippen molar-refractivity contribution < 1.29 is 23.9 Å². The van der Waals surface area contributed by atoms with Gasteiger partial charge < -0.3 is 15.4 Å². The minimum absolute atomic E-state index is 0.476. The number of imide groups is 1. The van der Waals surface area contributed by atoms with E-state index in [1.807, 2.05) is 84.0 Å². The van der Waals surface area contributed by atoms with E-state index in [1.165, 1.54) is 39.6 Å². The number of hydrogen-bond acceptors (Lipinski definition) is 8. The molecule has 43 heavy (non-hydrogen) atoms. The first-order chi connectivity index (χ1) is 21.0. The lowest BCUT2D eigenvalue weighted by molar-refractivity contribution is 0.246. The van der Waals surface area contributed by atoms with Crippen LogP contribution in [0, 0.1) is 11.5 Å². The van der Waals surface area contributed by atoms with Gasteiger partial charge >= 0.3 is 12.1 Å². The second kappa shape index (κ2) is 36.5. The maximum Gasteiger partial charge on any atom is 0.334 e. The fourth-order valence-electron chi connectivity index (χ4n) is 2.31. The van der Waals surface area contributed by atoms with Crippen LogP contribution in [0.4, 0.5) is 26.7 Å². The van der Waals surface area contributed by atoms with Gasteiger partial charge in [0.2, 0.25) is 12.2 Å². The van der Waals surface area contributed by atoms with Crippen LogP contribution >= 0.6 is 0 Å². The number of amides is 4. The number of aliphatic imine (C=N–C) groups is 2. The van der Waals surface area contributed by atoms with Gasteiger partial charge in [0, 0.05) is 25.5 Å². The molecule has 0 saturated carbocycles. The predicted octanol–water partition coefficient (Wildman–Crippen LogP) is 8.05. The summed E-state index contributed by atoms with van der Waals surface area (Å²) in [6.07, 6.45) is 4.04. The molecule has 3 rings (SSSR count). The van der Waals surface area contributed by atoms with Crippen LogP contribution in [0.25, 0.3) is 0 Å². The minimum atomic E-state index is -0.536. The molecular weight excluding hydrogens is 548 g/mol. The molecule has 0 atom stereocenters. The number of hydrogen-bond donors (Lipinski definition) is 2. The molecule has 0 aromatic heterocycles. The molecule has 0 fully saturated rings. The summed E-state index contributed by atoms with van der Waals surface area (Å²) in [6.45, 7) is 12.0. The summed E-state index contributed by atoms with van der Waals surface area (Å²) < 4.78 is 3.85. The van der Waals surface area contributed by atoms with Crippen molar-refractivity contribution in [3.8, 4) is 6.26 Å². The molecule has 0 saturated heterocycles. The van der Waals surface area contributed by atoms with Crippen molar-refractivity contribution in [2.75, 3.05) is 36.7 Å². The van der Waals surface area contributed by atoms with Gasteiger partial charge in [-0.3, -0.25) is 0 Å². The molecule has 3 aromatic carbocycles. The van der Waals surface area contributed by atoms with Gasteiger partial charge in [-0.15, -0.1) is 0 Å². The monoisotopic (exact) mass is 592 g/mol. The molecule has 2 N–H and O–H groups in total. The van der Waals surface area contributed by atoms with Crippen LogP contribution in [0.2, 0.25) is 0 Å². The van der Waals surface area contributed by atoms with E-state index in [1.54, 1.807) is 48.5 Å². The molecule has 11 heteroatoms. The Labute approximate surface area is 255 Å². The van der Waals surface area contributed by atoms with Crippen LogP contribution < -0.4 is 15.5 Å². The van der Waals surface area contributed by atoms with Crippen molar-refractivity contribution in [3.63, 3.8) is 0 Å². The van der Waals surface area contributed by atoms with E-state index in [0.717, 1.165) is 4.90 Å². The normalized spacial score (nSPS) is 7.35. The van der Waals surface area contributed by atoms with Crippen molar-refractivity contribution in [2.45, 2.75) is 41.5 Å². The first-order valence-corrected chi connectivity index (χ1v) is 13.4. The van der Waals surface area contributed by atoms with E-state index in [-0.39, 0.29) is 0 Å². The summed E-state index contributed by atoms with van der Waals surface area (Å²) in [4.78, 5) is 50.1. The van der Waals surface area contributed by atoms with Crippen molar-refractivity contribution in [3.05, 3.63) is 91.0 Å². The number of nitriles is 1. The number of methoxy groups -OCH3 is 1. The number of benzene rings is 3. The summed E-state index contributed by atoms with van der Waals surface area (Å²) in [6, 6.07) is 25.7. The van der Waals surface area contributed by atoms with Crippen molar-refractivity contribution in [1.29, 1.82) is 5.26 Å². The molecule has 0 aliphatic carbocycles. The zero-order valence-electron chi connectivity index (χ0n) is 26.5. The van der Waals surface area contributed by atoms with Gasteiger partial charge in [0.1, 0.15) is 0 Å². The average molecular weight is 593 g/mol. The Morgan fingerprint density at radius 2 is 0.907 bits per heavy atom. The van der Waals surface area contributed by atoms with Gasteiger partial charge in [0.05, 0.1) is 12.8 Å². The Bertz CT molecular complexity index is 1120. The van der Waals surface area contributed by atoms with Gasteiger partial charge in [-0.05, 0) is 36.4 Å². The Morgan fingerprint density at radius 3 is 1.14 bits per heavy atom. The van der Waals surface area contributed by atoms with Crippen LogP contribution in [0.3, 0.4) is 0 Å². The lowest BCUT2D eigenvalue weighted by atomic mass is 10.3. The number of ether oxygens (including phenoxy) is 1. The van der Waals surface area contributed by atoms with E-state index in [2.05, 4.69) is 25.4 Å². The smallest absolute Gasteiger partial charge is 0.334 e. The largest absolute Gasteiger partial charge is 0.431 e. The Hall–Kier alpha value is -5.55. The van der Waals surface area contributed by atoms with Crippen LogP contribution in [0.15, 0.2) is 101 Å². The number of carbonyl (C=O) groups excluding carboxylic acids is 4. The minimum Gasteiger partial charge on any atom is -0.431 e. The van der Waals surface area contributed by atoms with Crippen LogP contribution in [-0.2, 0) is 14.3 Å². The molecule has 0 spiro atoms. The number of rotatable bonds is 3. The van der Waals surface area contributed by atoms with Gasteiger partial charge in [0.15, 0.2) is 0 Å². The van der Waals surface area contributed by atoms with Gasteiger partial charge in [-0.2, -0.15) is 5.26 Å². The molecular formula is C32H44N6O5. The predicted molar refractivity (Wildman–Crippen MR) is 175 cm³/mol. The molecule has 0 aliphatic rings. The Kier molecular flexibility index (Phi) is 37.7. The molecule has 3 aromatic rings. The summed E-state index contributed by atoms with van der Waals surface area (Å²) in [5, 5.41) is 12.9. The molecule has 0 aliphatic heterocycles. The first-order valence-electron chi connectivity index (χ1n) is 13.4. The number of isocyanates is 2. The zero-order chi connectivity index (χ0) is 33.7.